The van der Waals surface area contributed by atoms with Crippen LogP contribution < -0.4 is 0 Å². The SMILES string of the molecule is [B]Cc1ccccc1C(=O)OC(CS(=O)(=O)O)(C(F)(F)F)C(F)(F)F. The van der Waals surface area contributed by atoms with Gasteiger partial charge in [0.2, 0.25) is 0 Å². The summed E-state index contributed by atoms with van der Waals surface area (Å²) in [6.45, 7) is 0. The van der Waals surface area contributed by atoms with Crippen molar-refractivity contribution in [2.75, 3.05) is 5.75 Å². The predicted octanol–water partition coefficient (Wildman–Crippen LogP) is 2.26. The van der Waals surface area contributed by atoms with Crippen LogP contribution >= 0.6 is 0 Å². The molecule has 0 atom stereocenters. The molecule has 0 aliphatic rings. The molecule has 0 aliphatic carbocycles. The molecular weight excluding hydrogens is 381 g/mol. The minimum atomic E-state index is -6.38. The molecule has 0 saturated carbocycles. The summed E-state index contributed by atoms with van der Waals surface area (Å²) in [6.07, 6.45) is -13.2. The lowest BCUT2D eigenvalue weighted by molar-refractivity contribution is -0.356. The lowest BCUT2D eigenvalue weighted by atomic mass is 9.93. The molecule has 138 valence electrons. The molecule has 1 rings (SSSR count). The van der Waals surface area contributed by atoms with Gasteiger partial charge in [-0.15, -0.1) is 0 Å². The van der Waals surface area contributed by atoms with Crippen LogP contribution in [0.2, 0.25) is 0 Å². The third-order valence-corrected chi connectivity index (χ3v) is 3.80. The molecule has 0 amide bonds. The van der Waals surface area contributed by atoms with E-state index in [1.54, 1.807) is 0 Å². The van der Waals surface area contributed by atoms with Gasteiger partial charge in [-0.2, -0.15) is 34.8 Å². The lowest BCUT2D eigenvalue weighted by Crippen LogP contribution is -2.63. The van der Waals surface area contributed by atoms with Crippen molar-refractivity contribution in [2.24, 2.45) is 0 Å². The van der Waals surface area contributed by atoms with E-state index >= 15 is 0 Å². The number of carbonyl (C=O) groups is 1. The second-order valence-electron chi connectivity index (χ2n) is 4.80. The van der Waals surface area contributed by atoms with E-state index in [9.17, 15) is 39.6 Å². The van der Waals surface area contributed by atoms with E-state index in [0.717, 1.165) is 18.2 Å². The van der Waals surface area contributed by atoms with Gasteiger partial charge in [0.15, 0.2) is 0 Å². The van der Waals surface area contributed by atoms with Gasteiger partial charge in [-0.1, -0.05) is 24.5 Å². The van der Waals surface area contributed by atoms with Gasteiger partial charge in [0.05, 0.1) is 13.4 Å². The Hall–Kier alpha value is -1.76. The van der Waals surface area contributed by atoms with Crippen molar-refractivity contribution >= 4 is 23.9 Å². The Kier molecular flexibility index (Phi) is 5.85. The highest BCUT2D eigenvalue weighted by atomic mass is 32.2. The molecule has 25 heavy (non-hydrogen) atoms. The van der Waals surface area contributed by atoms with Crippen molar-refractivity contribution in [3.05, 3.63) is 35.4 Å². The van der Waals surface area contributed by atoms with E-state index in [0.29, 0.717) is 0 Å². The van der Waals surface area contributed by atoms with Gasteiger partial charge >= 0.3 is 23.9 Å². The predicted molar refractivity (Wildman–Crippen MR) is 72.6 cm³/mol. The number of alkyl halides is 6. The first-order chi connectivity index (χ1) is 11.1. The summed E-state index contributed by atoms with van der Waals surface area (Å²) < 4.78 is 112. The third kappa shape index (κ3) is 4.66. The summed E-state index contributed by atoms with van der Waals surface area (Å²) >= 11 is 0. The Bertz CT molecular complexity index is 729. The third-order valence-electron chi connectivity index (χ3n) is 3.03. The van der Waals surface area contributed by atoms with Crippen LogP contribution in [0.1, 0.15) is 15.9 Å². The second kappa shape index (κ2) is 6.86. The Labute approximate surface area is 139 Å². The van der Waals surface area contributed by atoms with E-state index in [-0.39, 0.29) is 5.56 Å². The van der Waals surface area contributed by atoms with Crippen LogP contribution in [0, 0.1) is 0 Å². The topological polar surface area (TPSA) is 80.7 Å². The fourth-order valence-corrected chi connectivity index (χ4v) is 2.74. The van der Waals surface area contributed by atoms with E-state index in [1.165, 1.54) is 6.07 Å². The van der Waals surface area contributed by atoms with Crippen LogP contribution in [-0.2, 0) is 21.2 Å². The largest absolute Gasteiger partial charge is 0.438 e. The lowest BCUT2D eigenvalue weighted by Gasteiger charge is -2.35. The average molecular weight is 390 g/mol. The summed E-state index contributed by atoms with van der Waals surface area (Å²) in [6, 6.07) is 4.46. The van der Waals surface area contributed by atoms with Crippen LogP contribution in [0.4, 0.5) is 26.3 Å². The zero-order valence-corrected chi connectivity index (χ0v) is 12.9. The van der Waals surface area contributed by atoms with Crippen LogP contribution in [0.5, 0.6) is 0 Å². The fourth-order valence-electron chi connectivity index (χ4n) is 1.84. The Morgan fingerprint density at radius 2 is 1.56 bits per heavy atom. The number of hydrogen-bond acceptors (Lipinski definition) is 4. The minimum absolute atomic E-state index is 0.127. The van der Waals surface area contributed by atoms with E-state index in [4.69, 9.17) is 12.4 Å². The summed E-state index contributed by atoms with van der Waals surface area (Å²) in [5.74, 6) is -5.04. The minimum Gasteiger partial charge on any atom is -0.435 e. The normalized spacial score (nSPS) is 13.6. The van der Waals surface area contributed by atoms with Gasteiger partial charge in [-0.3, -0.25) is 4.55 Å². The first-order valence-electron chi connectivity index (χ1n) is 6.24. The highest BCUT2D eigenvalue weighted by molar-refractivity contribution is 7.85. The number of ether oxygens (including phenoxy) is 1. The summed E-state index contributed by atoms with van der Waals surface area (Å²) in [5, 5.41) is 0. The molecule has 2 radical (unpaired) electrons. The first kappa shape index (κ1) is 21.3. The highest BCUT2D eigenvalue weighted by Crippen LogP contribution is 2.47. The molecule has 0 heterocycles. The average Bonchev–Trinajstić information content (AvgIpc) is 2.42. The maximum Gasteiger partial charge on any atom is 0.438 e. The molecule has 0 bridgehead atoms. The van der Waals surface area contributed by atoms with E-state index in [1.807, 2.05) is 0 Å². The molecule has 0 unspecified atom stereocenters. The number of esters is 1. The molecule has 0 aliphatic heterocycles. The van der Waals surface area contributed by atoms with Crippen molar-refractivity contribution in [3.63, 3.8) is 0 Å². The molecule has 1 aromatic carbocycles. The number of halogens is 6. The van der Waals surface area contributed by atoms with Gasteiger partial charge in [0.25, 0.3) is 10.1 Å². The van der Waals surface area contributed by atoms with Crippen molar-refractivity contribution in [2.45, 2.75) is 24.3 Å². The summed E-state index contributed by atoms with van der Waals surface area (Å²) in [5.41, 5.74) is -6.29. The Morgan fingerprint density at radius 3 is 1.96 bits per heavy atom. The molecule has 5 nitrogen and oxygen atoms in total. The van der Waals surface area contributed by atoms with E-state index < -0.39 is 51.7 Å². The molecule has 0 spiro atoms. The van der Waals surface area contributed by atoms with Crippen molar-refractivity contribution in [3.8, 4) is 0 Å². The maximum absolute atomic E-state index is 13.1. The molecular formula is C12H9BF6O5S. The van der Waals surface area contributed by atoms with Gasteiger partial charge in [-0.25, -0.2) is 4.79 Å². The summed E-state index contributed by atoms with van der Waals surface area (Å²) in [4.78, 5) is 11.9. The van der Waals surface area contributed by atoms with Crippen LogP contribution in [0.3, 0.4) is 0 Å². The molecule has 1 N–H and O–H groups in total. The van der Waals surface area contributed by atoms with E-state index in [2.05, 4.69) is 4.74 Å². The van der Waals surface area contributed by atoms with Crippen molar-refractivity contribution < 1.29 is 48.8 Å². The highest BCUT2D eigenvalue weighted by Gasteiger charge is 2.76. The molecule has 13 heteroatoms. The van der Waals surface area contributed by atoms with Gasteiger partial charge < -0.3 is 4.74 Å². The van der Waals surface area contributed by atoms with Gasteiger partial charge in [0.1, 0.15) is 5.75 Å². The van der Waals surface area contributed by atoms with Crippen molar-refractivity contribution in [1.29, 1.82) is 0 Å². The zero-order valence-electron chi connectivity index (χ0n) is 12.1. The summed E-state index contributed by atoms with van der Waals surface area (Å²) in [7, 11) is -0.596. The number of carbonyl (C=O) groups excluding carboxylic acids is 1. The quantitative estimate of drug-likeness (QED) is 0.361. The zero-order chi connectivity index (χ0) is 19.7. The molecule has 0 fully saturated rings. The Balaban J connectivity index is 3.50. The van der Waals surface area contributed by atoms with Gasteiger partial charge in [0, 0.05) is 0 Å². The second-order valence-corrected chi connectivity index (χ2v) is 6.25. The monoisotopic (exact) mass is 390 g/mol. The number of rotatable bonds is 5. The smallest absolute Gasteiger partial charge is 0.435 e. The molecule has 1 aromatic rings. The number of benzene rings is 1. The van der Waals surface area contributed by atoms with Crippen LogP contribution in [-0.4, -0.2) is 50.5 Å². The Morgan fingerprint density at radius 1 is 1.08 bits per heavy atom. The van der Waals surface area contributed by atoms with Crippen molar-refractivity contribution in [1.82, 2.24) is 0 Å². The maximum atomic E-state index is 13.1. The van der Waals surface area contributed by atoms with Crippen LogP contribution in [0.15, 0.2) is 24.3 Å². The molecule has 0 saturated heterocycles. The fraction of sp³-hybridized carbons (Fsp3) is 0.417. The standard InChI is InChI=1S/C12H9BF6O5S/c13-5-7-3-1-2-4-8(7)9(20)24-10(11(14,15)16,12(17,18)19)6-25(21,22)23/h1-4H,5-6H2,(H,21,22,23). The molecule has 0 aromatic heterocycles. The van der Waals surface area contributed by atoms with Crippen LogP contribution in [0.25, 0.3) is 0 Å². The number of hydrogen-bond donors (Lipinski definition) is 1. The van der Waals surface area contributed by atoms with Gasteiger partial charge in [-0.05, 0) is 11.6 Å². The first-order valence-corrected chi connectivity index (χ1v) is 7.85.